The highest BCUT2D eigenvalue weighted by Crippen LogP contribution is 2.28. The highest BCUT2D eigenvalue weighted by Gasteiger charge is 2.19. The second-order valence-electron chi connectivity index (χ2n) is 3.59. The molecule has 1 heterocycles. The minimum Gasteiger partial charge on any atom is -0.370 e. The van der Waals surface area contributed by atoms with E-state index in [0.29, 0.717) is 10.0 Å². The van der Waals surface area contributed by atoms with Crippen LogP contribution in [0, 0.1) is 0 Å². The first-order chi connectivity index (χ1) is 6.66. The Labute approximate surface area is 93.6 Å². The molecule has 1 aliphatic heterocycles. The van der Waals surface area contributed by atoms with Gasteiger partial charge in [0, 0.05) is 24.8 Å². The molecule has 2 rings (SSSR count). The van der Waals surface area contributed by atoms with Gasteiger partial charge in [-0.3, -0.25) is 0 Å². The van der Waals surface area contributed by atoms with E-state index in [1.807, 2.05) is 18.2 Å². The largest absolute Gasteiger partial charge is 0.370 e. The van der Waals surface area contributed by atoms with Crippen LogP contribution < -0.4 is 10.6 Å². The van der Waals surface area contributed by atoms with Crippen LogP contribution >= 0.6 is 23.2 Å². The van der Waals surface area contributed by atoms with E-state index in [2.05, 4.69) is 4.90 Å². The topological polar surface area (TPSA) is 29.3 Å². The van der Waals surface area contributed by atoms with E-state index in [1.54, 1.807) is 0 Å². The number of nitrogens with zero attached hydrogens (tertiary/aromatic N) is 1. The summed E-state index contributed by atoms with van der Waals surface area (Å²) in [5.41, 5.74) is 6.93. The summed E-state index contributed by atoms with van der Waals surface area (Å²) in [6, 6.07) is 5.97. The van der Waals surface area contributed by atoms with Gasteiger partial charge in [-0.05, 0) is 24.6 Å². The second-order valence-corrected chi connectivity index (χ2v) is 4.41. The predicted octanol–water partition coefficient (Wildman–Crippen LogP) is 2.53. The molecule has 0 aliphatic carbocycles. The molecule has 1 saturated heterocycles. The molecule has 14 heavy (non-hydrogen) atoms. The van der Waals surface area contributed by atoms with Crippen molar-refractivity contribution < 1.29 is 0 Å². The van der Waals surface area contributed by atoms with E-state index in [1.165, 1.54) is 0 Å². The zero-order chi connectivity index (χ0) is 10.1. The monoisotopic (exact) mass is 230 g/mol. The Morgan fingerprint density at radius 1 is 1.29 bits per heavy atom. The van der Waals surface area contributed by atoms with Gasteiger partial charge in [0.25, 0.3) is 0 Å². The molecule has 1 fully saturated rings. The van der Waals surface area contributed by atoms with Gasteiger partial charge in [-0.15, -0.1) is 0 Å². The Balaban J connectivity index is 2.20. The summed E-state index contributed by atoms with van der Waals surface area (Å²) in [5, 5.41) is 1.20. The summed E-state index contributed by atoms with van der Waals surface area (Å²) in [7, 11) is 0. The van der Waals surface area contributed by atoms with Crippen LogP contribution in [0.4, 0.5) is 5.69 Å². The smallest absolute Gasteiger partial charge is 0.0612 e. The Morgan fingerprint density at radius 3 is 2.64 bits per heavy atom. The third-order valence-corrected chi connectivity index (χ3v) is 3.23. The SMILES string of the molecule is NC1CCN(c2ccc(Cl)c(Cl)c2)C1. The highest BCUT2D eigenvalue weighted by atomic mass is 35.5. The van der Waals surface area contributed by atoms with Gasteiger partial charge in [-0.2, -0.15) is 0 Å². The van der Waals surface area contributed by atoms with Crippen LogP contribution in [-0.2, 0) is 0 Å². The first kappa shape index (κ1) is 10.1. The summed E-state index contributed by atoms with van der Waals surface area (Å²) in [6.07, 6.45) is 1.04. The molecular formula is C10H12Cl2N2. The first-order valence-electron chi connectivity index (χ1n) is 4.62. The molecule has 0 saturated carbocycles. The molecule has 2 N–H and O–H groups in total. The Kier molecular flexibility index (Phi) is 2.86. The summed E-state index contributed by atoms with van der Waals surface area (Å²) in [6.45, 7) is 1.90. The van der Waals surface area contributed by atoms with E-state index in [9.17, 15) is 0 Å². The maximum absolute atomic E-state index is 5.94. The van der Waals surface area contributed by atoms with Crippen molar-refractivity contribution in [3.63, 3.8) is 0 Å². The molecule has 0 spiro atoms. The Hall–Kier alpha value is -0.440. The van der Waals surface area contributed by atoms with Crippen LogP contribution in [0.3, 0.4) is 0 Å². The molecule has 2 nitrogen and oxygen atoms in total. The lowest BCUT2D eigenvalue weighted by Crippen LogP contribution is -2.26. The van der Waals surface area contributed by atoms with Crippen LogP contribution in [-0.4, -0.2) is 19.1 Å². The quantitative estimate of drug-likeness (QED) is 0.804. The predicted molar refractivity (Wildman–Crippen MR) is 61.3 cm³/mol. The summed E-state index contributed by atoms with van der Waals surface area (Å²) in [4.78, 5) is 2.23. The summed E-state index contributed by atoms with van der Waals surface area (Å²) in [5.74, 6) is 0. The Morgan fingerprint density at radius 2 is 2.07 bits per heavy atom. The third kappa shape index (κ3) is 1.97. The highest BCUT2D eigenvalue weighted by molar-refractivity contribution is 6.42. The lowest BCUT2D eigenvalue weighted by Gasteiger charge is -2.18. The van der Waals surface area contributed by atoms with Crippen molar-refractivity contribution in [1.82, 2.24) is 0 Å². The zero-order valence-electron chi connectivity index (χ0n) is 7.71. The maximum atomic E-state index is 5.94. The minimum atomic E-state index is 0.282. The van der Waals surface area contributed by atoms with E-state index in [-0.39, 0.29) is 6.04 Å². The number of rotatable bonds is 1. The van der Waals surface area contributed by atoms with Crippen molar-refractivity contribution >= 4 is 28.9 Å². The number of hydrogen-bond acceptors (Lipinski definition) is 2. The first-order valence-corrected chi connectivity index (χ1v) is 5.38. The molecule has 1 unspecified atom stereocenters. The molecule has 0 bridgehead atoms. The molecule has 1 aromatic rings. The van der Waals surface area contributed by atoms with Crippen LogP contribution in [0.15, 0.2) is 18.2 Å². The van der Waals surface area contributed by atoms with Gasteiger partial charge in [0.1, 0.15) is 0 Å². The Bertz CT molecular complexity index is 341. The molecule has 0 aromatic heterocycles. The van der Waals surface area contributed by atoms with Crippen LogP contribution in [0.25, 0.3) is 0 Å². The van der Waals surface area contributed by atoms with E-state index in [4.69, 9.17) is 28.9 Å². The van der Waals surface area contributed by atoms with Crippen LogP contribution in [0.2, 0.25) is 10.0 Å². The second kappa shape index (κ2) is 3.97. The normalized spacial score (nSPS) is 21.6. The van der Waals surface area contributed by atoms with Gasteiger partial charge in [-0.1, -0.05) is 23.2 Å². The maximum Gasteiger partial charge on any atom is 0.0612 e. The van der Waals surface area contributed by atoms with E-state index < -0.39 is 0 Å². The number of benzene rings is 1. The van der Waals surface area contributed by atoms with E-state index in [0.717, 1.165) is 25.2 Å². The van der Waals surface area contributed by atoms with Gasteiger partial charge in [-0.25, -0.2) is 0 Å². The van der Waals surface area contributed by atoms with Gasteiger partial charge >= 0.3 is 0 Å². The number of nitrogens with two attached hydrogens (primary N) is 1. The fourth-order valence-electron chi connectivity index (χ4n) is 1.70. The number of anilines is 1. The molecule has 0 amide bonds. The van der Waals surface area contributed by atoms with Crippen molar-refractivity contribution in [2.75, 3.05) is 18.0 Å². The van der Waals surface area contributed by atoms with Gasteiger partial charge in [0.2, 0.25) is 0 Å². The molecular weight excluding hydrogens is 219 g/mol. The lowest BCUT2D eigenvalue weighted by molar-refractivity contribution is 0.752. The molecule has 1 atom stereocenters. The molecule has 0 radical (unpaired) electrons. The number of hydrogen-bond donors (Lipinski definition) is 1. The van der Waals surface area contributed by atoms with Crippen molar-refractivity contribution in [2.45, 2.75) is 12.5 Å². The number of halogens is 2. The molecule has 1 aromatic carbocycles. The van der Waals surface area contributed by atoms with Crippen molar-refractivity contribution in [3.8, 4) is 0 Å². The van der Waals surface area contributed by atoms with Crippen molar-refractivity contribution in [1.29, 1.82) is 0 Å². The minimum absolute atomic E-state index is 0.282. The summed E-state index contributed by atoms with van der Waals surface area (Å²) >= 11 is 11.8. The average Bonchev–Trinajstić information content (AvgIpc) is 2.57. The fraction of sp³-hybridized carbons (Fsp3) is 0.400. The van der Waals surface area contributed by atoms with Crippen molar-refractivity contribution in [3.05, 3.63) is 28.2 Å². The molecule has 4 heteroatoms. The molecule has 76 valence electrons. The summed E-state index contributed by atoms with van der Waals surface area (Å²) < 4.78 is 0. The standard InChI is InChI=1S/C10H12Cl2N2/c11-9-2-1-8(5-10(9)12)14-4-3-7(13)6-14/h1-2,5,7H,3-4,6,13H2. The van der Waals surface area contributed by atoms with Crippen LogP contribution in [0.1, 0.15) is 6.42 Å². The van der Waals surface area contributed by atoms with Gasteiger partial charge in [0.05, 0.1) is 10.0 Å². The average molecular weight is 231 g/mol. The van der Waals surface area contributed by atoms with Crippen molar-refractivity contribution in [2.24, 2.45) is 5.73 Å². The van der Waals surface area contributed by atoms with Crippen LogP contribution in [0.5, 0.6) is 0 Å². The zero-order valence-corrected chi connectivity index (χ0v) is 9.22. The van der Waals surface area contributed by atoms with Gasteiger partial charge < -0.3 is 10.6 Å². The third-order valence-electron chi connectivity index (χ3n) is 2.49. The van der Waals surface area contributed by atoms with Gasteiger partial charge in [0.15, 0.2) is 0 Å². The lowest BCUT2D eigenvalue weighted by atomic mass is 10.3. The fourth-order valence-corrected chi connectivity index (χ4v) is 2.00. The van der Waals surface area contributed by atoms with E-state index >= 15 is 0 Å². The molecule has 1 aliphatic rings.